The van der Waals surface area contributed by atoms with Crippen molar-refractivity contribution in [1.29, 1.82) is 0 Å². The third kappa shape index (κ3) is 3.36. The fourth-order valence-electron chi connectivity index (χ4n) is 1.11. The van der Waals surface area contributed by atoms with Crippen molar-refractivity contribution in [3.8, 4) is 0 Å². The van der Waals surface area contributed by atoms with Gasteiger partial charge in [-0.1, -0.05) is 0 Å². The lowest BCUT2D eigenvalue weighted by atomic mass is 10.2. The van der Waals surface area contributed by atoms with Gasteiger partial charge in [0.05, 0.1) is 13.2 Å². The molecule has 0 spiro atoms. The van der Waals surface area contributed by atoms with Crippen LogP contribution in [0.3, 0.4) is 0 Å². The van der Waals surface area contributed by atoms with Gasteiger partial charge >= 0.3 is 5.97 Å². The second kappa shape index (κ2) is 5.87. The zero-order chi connectivity index (χ0) is 12.0. The van der Waals surface area contributed by atoms with Gasteiger partial charge in [0.1, 0.15) is 5.82 Å². The van der Waals surface area contributed by atoms with Crippen LogP contribution in [-0.4, -0.2) is 22.7 Å². The first kappa shape index (κ1) is 12.2. The predicted molar refractivity (Wildman–Crippen MR) is 60.2 cm³/mol. The van der Waals surface area contributed by atoms with Crippen molar-refractivity contribution in [2.45, 2.75) is 13.5 Å². The van der Waals surface area contributed by atoms with Gasteiger partial charge in [0.25, 0.3) is 0 Å². The summed E-state index contributed by atoms with van der Waals surface area (Å²) in [6, 6.07) is 1.66. The predicted octanol–water partition coefficient (Wildman–Crippen LogP) is 0.732. The molecule has 0 saturated heterocycles. The number of nitrogens with two attached hydrogens (primary N) is 1. The molecule has 0 aliphatic rings. The van der Waals surface area contributed by atoms with Crippen molar-refractivity contribution < 1.29 is 14.6 Å². The van der Waals surface area contributed by atoms with Gasteiger partial charge in [0.2, 0.25) is 0 Å². The molecule has 0 aromatic carbocycles. The average molecular weight is 222 g/mol. The zero-order valence-electron chi connectivity index (χ0n) is 9.01. The van der Waals surface area contributed by atoms with Crippen LogP contribution in [0.15, 0.2) is 18.3 Å². The number of nitrogen functional groups attached to an aromatic ring is 1. The van der Waals surface area contributed by atoms with Gasteiger partial charge in [-0.15, -0.1) is 0 Å². The zero-order valence-corrected chi connectivity index (χ0v) is 9.01. The summed E-state index contributed by atoms with van der Waals surface area (Å²) in [5.41, 5.74) is 6.74. The molecule has 0 aliphatic heterocycles. The number of esters is 1. The monoisotopic (exact) mass is 222 g/mol. The van der Waals surface area contributed by atoms with Crippen LogP contribution in [-0.2, 0) is 16.1 Å². The Bertz CT molecular complexity index is 402. The Morgan fingerprint density at radius 1 is 1.69 bits per heavy atom. The summed E-state index contributed by atoms with van der Waals surface area (Å²) in [5, 5.41) is 8.97. The standard InChI is InChI=1S/C11H14N2O3/c1-2-16-10(15)4-3-8-5-9(7-14)11(12)13-6-8/h3-6,14H,2,7H2,1H3,(H2,12,13). The Balaban J connectivity index is 2.78. The molecule has 1 aromatic rings. The van der Waals surface area contributed by atoms with Gasteiger partial charge in [-0.2, -0.15) is 0 Å². The Morgan fingerprint density at radius 2 is 2.44 bits per heavy atom. The first-order valence-corrected chi connectivity index (χ1v) is 4.87. The van der Waals surface area contributed by atoms with E-state index in [-0.39, 0.29) is 12.4 Å². The summed E-state index contributed by atoms with van der Waals surface area (Å²) in [7, 11) is 0. The maximum Gasteiger partial charge on any atom is 0.330 e. The third-order valence-corrected chi connectivity index (χ3v) is 1.89. The molecule has 5 nitrogen and oxygen atoms in total. The fraction of sp³-hybridized carbons (Fsp3) is 0.273. The molecule has 3 N–H and O–H groups in total. The number of carbonyl (C=O) groups is 1. The largest absolute Gasteiger partial charge is 0.463 e. The minimum atomic E-state index is -0.412. The van der Waals surface area contributed by atoms with Gasteiger partial charge < -0.3 is 15.6 Å². The summed E-state index contributed by atoms with van der Waals surface area (Å²) in [6.07, 6.45) is 4.38. The maximum atomic E-state index is 11.0. The van der Waals surface area contributed by atoms with E-state index in [0.717, 1.165) is 0 Å². The topological polar surface area (TPSA) is 85.4 Å². The van der Waals surface area contributed by atoms with Crippen molar-refractivity contribution in [2.24, 2.45) is 0 Å². The first-order chi connectivity index (χ1) is 7.67. The SMILES string of the molecule is CCOC(=O)C=Cc1cnc(N)c(CO)c1. The second-order valence-electron chi connectivity index (χ2n) is 3.06. The molecule has 86 valence electrons. The van der Waals surface area contributed by atoms with E-state index >= 15 is 0 Å². The molecule has 0 unspecified atom stereocenters. The van der Waals surface area contributed by atoms with E-state index in [1.54, 1.807) is 19.1 Å². The minimum absolute atomic E-state index is 0.181. The lowest BCUT2D eigenvalue weighted by Gasteiger charge is -2.02. The number of anilines is 1. The third-order valence-electron chi connectivity index (χ3n) is 1.89. The number of rotatable bonds is 4. The van der Waals surface area contributed by atoms with Crippen LogP contribution in [0.4, 0.5) is 5.82 Å². The van der Waals surface area contributed by atoms with Crippen LogP contribution < -0.4 is 5.73 Å². The van der Waals surface area contributed by atoms with Crippen molar-refractivity contribution >= 4 is 17.9 Å². The maximum absolute atomic E-state index is 11.0. The number of hydrogen-bond donors (Lipinski definition) is 2. The Kier molecular flexibility index (Phi) is 4.47. The summed E-state index contributed by atoms with van der Waals surface area (Å²) in [4.78, 5) is 14.9. The lowest BCUT2D eigenvalue weighted by molar-refractivity contribution is -0.137. The molecule has 1 rings (SSSR count). The molecule has 0 saturated carbocycles. The number of pyridine rings is 1. The smallest absolute Gasteiger partial charge is 0.330 e. The quantitative estimate of drug-likeness (QED) is 0.579. The molecule has 16 heavy (non-hydrogen) atoms. The van der Waals surface area contributed by atoms with Crippen LogP contribution in [0.1, 0.15) is 18.1 Å². The number of carbonyl (C=O) groups excluding carboxylic acids is 1. The first-order valence-electron chi connectivity index (χ1n) is 4.87. The number of hydrogen-bond acceptors (Lipinski definition) is 5. The fourth-order valence-corrected chi connectivity index (χ4v) is 1.11. The summed E-state index contributed by atoms with van der Waals surface area (Å²) in [5.74, 6) is -0.124. The van der Waals surface area contributed by atoms with E-state index in [2.05, 4.69) is 4.98 Å². The van der Waals surface area contributed by atoms with E-state index in [0.29, 0.717) is 17.7 Å². The normalized spacial score (nSPS) is 10.6. The van der Waals surface area contributed by atoms with E-state index < -0.39 is 5.97 Å². The highest BCUT2D eigenvalue weighted by atomic mass is 16.5. The van der Waals surface area contributed by atoms with Gasteiger partial charge in [-0.3, -0.25) is 0 Å². The van der Waals surface area contributed by atoms with Crippen LogP contribution in [0, 0.1) is 0 Å². The van der Waals surface area contributed by atoms with Crippen molar-refractivity contribution in [3.05, 3.63) is 29.5 Å². The van der Waals surface area contributed by atoms with Gasteiger partial charge in [-0.25, -0.2) is 9.78 Å². The van der Waals surface area contributed by atoms with Crippen molar-refractivity contribution in [1.82, 2.24) is 4.98 Å². The van der Waals surface area contributed by atoms with Gasteiger partial charge in [0.15, 0.2) is 0 Å². The van der Waals surface area contributed by atoms with Crippen LogP contribution in [0.2, 0.25) is 0 Å². The number of aliphatic hydroxyl groups excluding tert-OH is 1. The summed E-state index contributed by atoms with van der Waals surface area (Å²) < 4.78 is 4.72. The molecule has 1 heterocycles. The van der Waals surface area contributed by atoms with Gasteiger partial charge in [0, 0.05) is 17.8 Å². The average Bonchev–Trinajstić information content (AvgIpc) is 2.28. The van der Waals surface area contributed by atoms with E-state index in [9.17, 15) is 4.79 Å². The van der Waals surface area contributed by atoms with Crippen LogP contribution in [0.5, 0.6) is 0 Å². The number of ether oxygens (including phenoxy) is 1. The molecule has 0 atom stereocenters. The van der Waals surface area contributed by atoms with Gasteiger partial charge in [-0.05, 0) is 24.6 Å². The van der Waals surface area contributed by atoms with Crippen LogP contribution in [0.25, 0.3) is 6.08 Å². The molecule has 0 radical (unpaired) electrons. The number of nitrogens with zero attached hydrogens (tertiary/aromatic N) is 1. The molecule has 1 aromatic heterocycles. The van der Waals surface area contributed by atoms with E-state index in [1.165, 1.54) is 12.3 Å². The highest BCUT2D eigenvalue weighted by molar-refractivity contribution is 5.87. The number of aromatic nitrogens is 1. The molecule has 0 bridgehead atoms. The van der Waals surface area contributed by atoms with Crippen LogP contribution >= 0.6 is 0 Å². The number of aliphatic hydroxyl groups is 1. The molecule has 5 heteroatoms. The minimum Gasteiger partial charge on any atom is -0.463 e. The summed E-state index contributed by atoms with van der Waals surface area (Å²) in [6.45, 7) is 1.89. The second-order valence-corrected chi connectivity index (χ2v) is 3.06. The van der Waals surface area contributed by atoms with E-state index in [4.69, 9.17) is 15.6 Å². The molecule has 0 amide bonds. The van der Waals surface area contributed by atoms with Crippen molar-refractivity contribution in [3.63, 3.8) is 0 Å². The Labute approximate surface area is 93.6 Å². The molecular formula is C11H14N2O3. The molecular weight excluding hydrogens is 208 g/mol. The Morgan fingerprint density at radius 3 is 3.06 bits per heavy atom. The molecule has 0 aliphatic carbocycles. The highest BCUT2D eigenvalue weighted by Gasteiger charge is 2.00. The lowest BCUT2D eigenvalue weighted by Crippen LogP contribution is -2.00. The highest BCUT2D eigenvalue weighted by Crippen LogP contribution is 2.11. The van der Waals surface area contributed by atoms with Crippen molar-refractivity contribution in [2.75, 3.05) is 12.3 Å². The molecule has 0 fully saturated rings. The Hall–Kier alpha value is -1.88. The summed E-state index contributed by atoms with van der Waals surface area (Å²) >= 11 is 0. The van der Waals surface area contributed by atoms with E-state index in [1.807, 2.05) is 0 Å².